The van der Waals surface area contributed by atoms with Crippen molar-refractivity contribution >= 4 is 0 Å². The van der Waals surface area contributed by atoms with Crippen LogP contribution in [-0.2, 0) is 0 Å². The summed E-state index contributed by atoms with van der Waals surface area (Å²) in [5.41, 5.74) is 2.37. The summed E-state index contributed by atoms with van der Waals surface area (Å²) in [5, 5.41) is 0. The minimum atomic E-state index is 0. The first-order chi connectivity index (χ1) is 3.79. The van der Waals surface area contributed by atoms with Crippen LogP contribution in [0.3, 0.4) is 0 Å². The molecular formula is C8H9Na. The molecule has 0 bridgehead atoms. The van der Waals surface area contributed by atoms with Crippen LogP contribution in [0.15, 0.2) is 24.3 Å². The Balaban J connectivity index is 0.000000640. The fourth-order valence-corrected chi connectivity index (χ4v) is 0.588. The molecule has 1 rings (SSSR count). The molecule has 42 valence electrons. The molecular weight excluding hydrogens is 119 g/mol. The van der Waals surface area contributed by atoms with E-state index in [-0.39, 0.29) is 29.6 Å². The molecule has 0 radical (unpaired) electrons. The summed E-state index contributed by atoms with van der Waals surface area (Å²) in [5.74, 6) is 0. The Hall–Kier alpha value is 0.0900. The molecule has 1 aromatic carbocycles. The van der Waals surface area contributed by atoms with Gasteiger partial charge < -0.3 is 0 Å². The zero-order valence-corrected chi connectivity index (χ0v) is 8.02. The van der Waals surface area contributed by atoms with Gasteiger partial charge in [0.05, 0.1) is 0 Å². The molecule has 0 fully saturated rings. The van der Waals surface area contributed by atoms with E-state index in [9.17, 15) is 0 Å². The van der Waals surface area contributed by atoms with E-state index in [0.29, 0.717) is 0 Å². The maximum Gasteiger partial charge on any atom is 1.00 e. The molecule has 0 aliphatic heterocycles. The normalized spacial score (nSPS) is 8.11. The molecule has 1 aromatic rings. The van der Waals surface area contributed by atoms with E-state index in [2.05, 4.69) is 26.0 Å². The van der Waals surface area contributed by atoms with Crippen molar-refractivity contribution in [1.82, 2.24) is 0 Å². The van der Waals surface area contributed by atoms with Gasteiger partial charge in [-0.2, -0.15) is 24.6 Å². The third-order valence-electron chi connectivity index (χ3n) is 1.12. The molecule has 0 aliphatic rings. The SMILES string of the molecule is [CH2-]c1ccc(C)cc1.[Na+]. The van der Waals surface area contributed by atoms with Gasteiger partial charge in [0.25, 0.3) is 0 Å². The van der Waals surface area contributed by atoms with Crippen LogP contribution < -0.4 is 29.6 Å². The maximum absolute atomic E-state index is 3.76. The van der Waals surface area contributed by atoms with E-state index < -0.39 is 0 Å². The van der Waals surface area contributed by atoms with Gasteiger partial charge in [-0.25, -0.2) is 0 Å². The van der Waals surface area contributed by atoms with Gasteiger partial charge in [0.1, 0.15) is 0 Å². The Morgan fingerprint density at radius 1 is 1.11 bits per heavy atom. The number of aryl methyl sites for hydroxylation is 1. The Morgan fingerprint density at radius 3 is 1.89 bits per heavy atom. The van der Waals surface area contributed by atoms with E-state index in [0.717, 1.165) is 5.56 Å². The Labute approximate surface area is 78.6 Å². The molecule has 1 heteroatoms. The minimum absolute atomic E-state index is 0. The van der Waals surface area contributed by atoms with Crippen LogP contribution in [0.5, 0.6) is 0 Å². The topological polar surface area (TPSA) is 0 Å². The van der Waals surface area contributed by atoms with Crippen LogP contribution >= 0.6 is 0 Å². The summed E-state index contributed by atoms with van der Waals surface area (Å²) in [4.78, 5) is 0. The molecule has 0 spiro atoms. The second kappa shape index (κ2) is 3.99. The van der Waals surface area contributed by atoms with Crippen molar-refractivity contribution in [1.29, 1.82) is 0 Å². The van der Waals surface area contributed by atoms with E-state index in [1.165, 1.54) is 5.56 Å². The third-order valence-corrected chi connectivity index (χ3v) is 1.12. The zero-order chi connectivity index (χ0) is 5.98. The molecule has 0 heterocycles. The Bertz CT molecular complexity index is 143. The van der Waals surface area contributed by atoms with E-state index in [4.69, 9.17) is 0 Å². The third kappa shape index (κ3) is 2.95. The van der Waals surface area contributed by atoms with Crippen molar-refractivity contribution in [2.45, 2.75) is 6.92 Å². The molecule has 0 saturated heterocycles. The van der Waals surface area contributed by atoms with Crippen molar-refractivity contribution < 1.29 is 29.6 Å². The van der Waals surface area contributed by atoms with Gasteiger partial charge in [0.2, 0.25) is 0 Å². The Kier molecular flexibility index (Phi) is 4.03. The van der Waals surface area contributed by atoms with E-state index >= 15 is 0 Å². The van der Waals surface area contributed by atoms with E-state index in [1.807, 2.05) is 12.1 Å². The van der Waals surface area contributed by atoms with Crippen LogP contribution in [0.1, 0.15) is 11.1 Å². The monoisotopic (exact) mass is 128 g/mol. The smallest absolute Gasteiger partial charge is 0.199 e. The number of rotatable bonds is 0. The molecule has 0 saturated carbocycles. The first-order valence-electron chi connectivity index (χ1n) is 2.67. The van der Waals surface area contributed by atoms with Crippen LogP contribution in [0.2, 0.25) is 0 Å². The minimum Gasteiger partial charge on any atom is -0.199 e. The van der Waals surface area contributed by atoms with Crippen LogP contribution in [0.4, 0.5) is 0 Å². The number of hydrogen-bond acceptors (Lipinski definition) is 0. The zero-order valence-electron chi connectivity index (χ0n) is 6.02. The second-order valence-corrected chi connectivity index (χ2v) is 1.99. The number of benzene rings is 1. The summed E-state index contributed by atoms with van der Waals surface area (Å²) in [7, 11) is 0. The largest absolute Gasteiger partial charge is 1.00 e. The maximum atomic E-state index is 3.76. The first-order valence-corrected chi connectivity index (χ1v) is 2.67. The summed E-state index contributed by atoms with van der Waals surface area (Å²) < 4.78 is 0. The fourth-order valence-electron chi connectivity index (χ4n) is 0.588. The Morgan fingerprint density at radius 2 is 1.56 bits per heavy atom. The van der Waals surface area contributed by atoms with Gasteiger partial charge in [0.15, 0.2) is 0 Å². The summed E-state index contributed by atoms with van der Waals surface area (Å²) in [6, 6.07) is 8.13. The predicted octanol–water partition coefficient (Wildman–Crippen LogP) is -0.819. The van der Waals surface area contributed by atoms with E-state index in [1.54, 1.807) is 0 Å². The van der Waals surface area contributed by atoms with Crippen molar-refractivity contribution in [2.75, 3.05) is 0 Å². The second-order valence-electron chi connectivity index (χ2n) is 1.99. The van der Waals surface area contributed by atoms with Gasteiger partial charge in [-0.15, -0.1) is 12.1 Å². The summed E-state index contributed by atoms with van der Waals surface area (Å²) >= 11 is 0. The van der Waals surface area contributed by atoms with Crippen LogP contribution in [0.25, 0.3) is 0 Å². The van der Waals surface area contributed by atoms with Crippen LogP contribution in [-0.4, -0.2) is 0 Å². The number of hydrogen-bond donors (Lipinski definition) is 0. The van der Waals surface area contributed by atoms with Gasteiger partial charge >= 0.3 is 29.6 Å². The van der Waals surface area contributed by atoms with Gasteiger partial charge in [0, 0.05) is 0 Å². The molecule has 0 nitrogen and oxygen atoms in total. The van der Waals surface area contributed by atoms with Crippen molar-refractivity contribution in [3.8, 4) is 0 Å². The van der Waals surface area contributed by atoms with Gasteiger partial charge in [-0.1, -0.05) is 5.56 Å². The molecule has 0 aromatic heterocycles. The first kappa shape index (κ1) is 9.09. The molecule has 0 atom stereocenters. The van der Waals surface area contributed by atoms with Gasteiger partial charge in [-0.3, -0.25) is 0 Å². The molecule has 0 unspecified atom stereocenters. The van der Waals surface area contributed by atoms with Crippen molar-refractivity contribution in [3.05, 3.63) is 42.3 Å². The van der Waals surface area contributed by atoms with Crippen LogP contribution in [0, 0.1) is 13.8 Å². The molecule has 0 aliphatic carbocycles. The van der Waals surface area contributed by atoms with Crippen molar-refractivity contribution in [3.63, 3.8) is 0 Å². The summed E-state index contributed by atoms with van der Waals surface area (Å²) in [6.45, 7) is 5.83. The fraction of sp³-hybridized carbons (Fsp3) is 0.125. The van der Waals surface area contributed by atoms with Gasteiger partial charge in [-0.05, 0) is 6.92 Å². The summed E-state index contributed by atoms with van der Waals surface area (Å²) in [6.07, 6.45) is 0. The van der Waals surface area contributed by atoms with Crippen molar-refractivity contribution in [2.24, 2.45) is 0 Å². The average Bonchev–Trinajstić information content (AvgIpc) is 1.77. The standard InChI is InChI=1S/C8H9.Na/c1-7-3-5-8(2)6-4-7;/h3-6H,1H2,2H3;/q-1;+1. The predicted molar refractivity (Wildman–Crippen MR) is 35.6 cm³/mol. The average molecular weight is 128 g/mol. The molecule has 9 heavy (non-hydrogen) atoms. The molecule has 0 amide bonds. The molecule has 0 N–H and O–H groups in total. The quantitative estimate of drug-likeness (QED) is 0.316.